The van der Waals surface area contributed by atoms with E-state index in [1.807, 2.05) is 18.5 Å². The average molecular weight is 276 g/mol. The summed E-state index contributed by atoms with van der Waals surface area (Å²) >= 11 is 0. The van der Waals surface area contributed by atoms with E-state index in [1.54, 1.807) is 0 Å². The van der Waals surface area contributed by atoms with Gasteiger partial charge in [-0.15, -0.1) is 0 Å². The molecular weight excluding hydrogens is 254 g/mol. The number of hydrogen-bond acceptors (Lipinski definition) is 4. The van der Waals surface area contributed by atoms with Crippen LogP contribution in [0.4, 0.5) is 8.78 Å². The summed E-state index contributed by atoms with van der Waals surface area (Å²) in [6, 6.07) is 0.164. The molecule has 0 aromatic carbocycles. The summed E-state index contributed by atoms with van der Waals surface area (Å²) in [5.41, 5.74) is 0. The largest absolute Gasteiger partial charge is 0.375 e. The fraction of sp³-hybridized carbons (Fsp3) is 0.833. The first-order chi connectivity index (χ1) is 9.17. The second-order valence-electron chi connectivity index (χ2n) is 4.21. The van der Waals surface area contributed by atoms with Crippen molar-refractivity contribution in [3.63, 3.8) is 0 Å². The zero-order chi connectivity index (χ0) is 14.1. The fourth-order valence-corrected chi connectivity index (χ4v) is 1.89. The van der Waals surface area contributed by atoms with E-state index in [4.69, 9.17) is 4.74 Å². The van der Waals surface area contributed by atoms with Gasteiger partial charge in [0, 0.05) is 25.6 Å². The van der Waals surface area contributed by atoms with Crippen molar-refractivity contribution in [2.24, 2.45) is 0 Å². The van der Waals surface area contributed by atoms with E-state index in [0.717, 1.165) is 25.3 Å². The van der Waals surface area contributed by atoms with E-state index in [1.165, 1.54) is 6.33 Å². The molecule has 0 amide bonds. The van der Waals surface area contributed by atoms with Gasteiger partial charge < -0.3 is 10.1 Å². The zero-order valence-electron chi connectivity index (χ0n) is 11.5. The second kappa shape index (κ2) is 8.92. The van der Waals surface area contributed by atoms with E-state index in [9.17, 15) is 8.78 Å². The summed E-state index contributed by atoms with van der Waals surface area (Å²) in [4.78, 5) is 4.22. The molecule has 1 unspecified atom stereocenters. The molecule has 1 rings (SSSR count). The minimum atomic E-state index is -2.40. The minimum Gasteiger partial charge on any atom is -0.375 e. The molecule has 19 heavy (non-hydrogen) atoms. The summed E-state index contributed by atoms with van der Waals surface area (Å²) in [5, 5.41) is 7.43. The van der Waals surface area contributed by atoms with Crippen molar-refractivity contribution >= 4 is 0 Å². The monoisotopic (exact) mass is 276 g/mol. The predicted octanol–water partition coefficient (Wildman–Crippen LogP) is 1.49. The molecule has 0 spiro atoms. The molecule has 0 aliphatic heterocycles. The van der Waals surface area contributed by atoms with Crippen LogP contribution in [0.15, 0.2) is 6.33 Å². The number of hydrogen-bond donors (Lipinski definition) is 1. The molecule has 1 heterocycles. The summed E-state index contributed by atoms with van der Waals surface area (Å²) in [6.07, 6.45) is 0.534. The SMILES string of the molecule is CCNC(CCOCC(F)F)Cc1ncnn1CC. The lowest BCUT2D eigenvalue weighted by Gasteiger charge is -2.17. The normalized spacial score (nSPS) is 13.1. The van der Waals surface area contributed by atoms with Gasteiger partial charge in [-0.25, -0.2) is 13.8 Å². The highest BCUT2D eigenvalue weighted by atomic mass is 19.3. The van der Waals surface area contributed by atoms with Crippen molar-refractivity contribution < 1.29 is 13.5 Å². The summed E-state index contributed by atoms with van der Waals surface area (Å²) in [6.45, 7) is 5.44. The predicted molar refractivity (Wildman–Crippen MR) is 68.3 cm³/mol. The molecule has 0 radical (unpaired) electrons. The number of halogens is 2. The fourth-order valence-electron chi connectivity index (χ4n) is 1.89. The first kappa shape index (κ1) is 16.0. The molecule has 0 aliphatic carbocycles. The van der Waals surface area contributed by atoms with E-state index in [2.05, 4.69) is 15.4 Å². The van der Waals surface area contributed by atoms with Crippen LogP contribution >= 0.6 is 0 Å². The van der Waals surface area contributed by atoms with Gasteiger partial charge in [-0.05, 0) is 19.9 Å². The Morgan fingerprint density at radius 3 is 2.84 bits per heavy atom. The third kappa shape index (κ3) is 6.07. The number of likely N-dealkylation sites (N-methyl/N-ethyl adjacent to an activating group) is 1. The second-order valence-corrected chi connectivity index (χ2v) is 4.21. The smallest absolute Gasteiger partial charge is 0.261 e. The van der Waals surface area contributed by atoms with Crippen LogP contribution < -0.4 is 5.32 Å². The van der Waals surface area contributed by atoms with Gasteiger partial charge in [0.25, 0.3) is 6.43 Å². The van der Waals surface area contributed by atoms with Crippen LogP contribution in [0, 0.1) is 0 Å². The van der Waals surface area contributed by atoms with Crippen molar-refractivity contribution in [1.29, 1.82) is 0 Å². The molecule has 110 valence electrons. The number of ether oxygens (including phenoxy) is 1. The third-order valence-electron chi connectivity index (χ3n) is 2.77. The maximum Gasteiger partial charge on any atom is 0.261 e. The van der Waals surface area contributed by atoms with E-state index in [-0.39, 0.29) is 6.04 Å². The molecule has 1 atom stereocenters. The molecular formula is C12H22F2N4O. The maximum atomic E-state index is 11.9. The highest BCUT2D eigenvalue weighted by Crippen LogP contribution is 2.04. The number of nitrogens with one attached hydrogen (secondary N) is 1. The van der Waals surface area contributed by atoms with Gasteiger partial charge in [0.2, 0.25) is 0 Å². The van der Waals surface area contributed by atoms with Crippen molar-refractivity contribution in [3.05, 3.63) is 12.2 Å². The Hall–Kier alpha value is -1.08. The highest BCUT2D eigenvalue weighted by Gasteiger charge is 2.13. The van der Waals surface area contributed by atoms with Gasteiger partial charge in [0.15, 0.2) is 0 Å². The molecule has 0 aliphatic rings. The lowest BCUT2D eigenvalue weighted by molar-refractivity contribution is 0.0144. The number of rotatable bonds is 10. The van der Waals surface area contributed by atoms with Gasteiger partial charge >= 0.3 is 0 Å². The van der Waals surface area contributed by atoms with E-state index in [0.29, 0.717) is 13.0 Å². The van der Waals surface area contributed by atoms with Crippen LogP contribution in [0.5, 0.6) is 0 Å². The van der Waals surface area contributed by atoms with E-state index < -0.39 is 13.0 Å². The Balaban J connectivity index is 2.39. The Morgan fingerprint density at radius 2 is 2.21 bits per heavy atom. The third-order valence-corrected chi connectivity index (χ3v) is 2.77. The molecule has 1 aromatic heterocycles. The Kier molecular flexibility index (Phi) is 7.50. The van der Waals surface area contributed by atoms with Crippen LogP contribution in [-0.4, -0.2) is 47.0 Å². The van der Waals surface area contributed by atoms with Crippen LogP contribution in [0.2, 0.25) is 0 Å². The molecule has 5 nitrogen and oxygen atoms in total. The molecule has 0 saturated carbocycles. The minimum absolute atomic E-state index is 0.164. The van der Waals surface area contributed by atoms with Crippen LogP contribution in [-0.2, 0) is 17.7 Å². The molecule has 0 fully saturated rings. The van der Waals surface area contributed by atoms with Crippen molar-refractivity contribution in [2.45, 2.75) is 45.7 Å². The van der Waals surface area contributed by atoms with Crippen molar-refractivity contribution in [1.82, 2.24) is 20.1 Å². The topological polar surface area (TPSA) is 52.0 Å². The number of alkyl halides is 2. The molecule has 1 aromatic rings. The van der Waals surface area contributed by atoms with Crippen LogP contribution in [0.1, 0.15) is 26.1 Å². The van der Waals surface area contributed by atoms with Gasteiger partial charge in [-0.1, -0.05) is 6.92 Å². The average Bonchev–Trinajstić information content (AvgIpc) is 2.81. The quantitative estimate of drug-likeness (QED) is 0.658. The van der Waals surface area contributed by atoms with Crippen molar-refractivity contribution in [2.75, 3.05) is 19.8 Å². The first-order valence-corrected chi connectivity index (χ1v) is 6.63. The summed E-state index contributed by atoms with van der Waals surface area (Å²) in [7, 11) is 0. The maximum absolute atomic E-state index is 11.9. The molecule has 0 saturated heterocycles. The first-order valence-electron chi connectivity index (χ1n) is 6.63. The Labute approximate surface area is 112 Å². The van der Waals surface area contributed by atoms with E-state index >= 15 is 0 Å². The number of aromatic nitrogens is 3. The lowest BCUT2D eigenvalue weighted by Crippen LogP contribution is -2.33. The molecule has 1 N–H and O–H groups in total. The number of nitrogens with zero attached hydrogens (tertiary/aromatic N) is 3. The lowest BCUT2D eigenvalue weighted by atomic mass is 10.1. The Morgan fingerprint density at radius 1 is 1.42 bits per heavy atom. The molecule has 7 heteroatoms. The summed E-state index contributed by atoms with van der Waals surface area (Å²) in [5.74, 6) is 0.905. The zero-order valence-corrected chi connectivity index (χ0v) is 11.5. The van der Waals surface area contributed by atoms with Gasteiger partial charge in [0.1, 0.15) is 18.8 Å². The molecule has 0 bridgehead atoms. The summed E-state index contributed by atoms with van der Waals surface area (Å²) < 4.78 is 30.7. The van der Waals surface area contributed by atoms with Gasteiger partial charge in [0.05, 0.1) is 0 Å². The van der Waals surface area contributed by atoms with Gasteiger partial charge in [-0.2, -0.15) is 5.10 Å². The Bertz CT molecular complexity index is 346. The van der Waals surface area contributed by atoms with Crippen molar-refractivity contribution in [3.8, 4) is 0 Å². The van der Waals surface area contributed by atoms with Crippen LogP contribution in [0.25, 0.3) is 0 Å². The van der Waals surface area contributed by atoms with Crippen LogP contribution in [0.3, 0.4) is 0 Å². The number of aryl methyl sites for hydroxylation is 1. The van der Waals surface area contributed by atoms with Gasteiger partial charge in [-0.3, -0.25) is 4.68 Å². The highest BCUT2D eigenvalue weighted by molar-refractivity contribution is 4.89. The standard InChI is InChI=1S/C12H22F2N4O/c1-3-15-10(5-6-19-8-11(13)14)7-12-16-9-17-18(12)4-2/h9-11,15H,3-8H2,1-2H3.